The molecule has 1 unspecified atom stereocenters. The van der Waals surface area contributed by atoms with Gasteiger partial charge in [-0.25, -0.2) is 8.78 Å². The van der Waals surface area contributed by atoms with Crippen molar-refractivity contribution < 1.29 is 13.6 Å². The maximum atomic E-state index is 14.2. The largest absolute Gasteiger partial charge is 0.353 e. The maximum Gasteiger partial charge on any atom is 0.228 e. The Balaban J connectivity index is 1.41. The van der Waals surface area contributed by atoms with E-state index in [4.69, 9.17) is 23.2 Å². The van der Waals surface area contributed by atoms with Gasteiger partial charge in [0.15, 0.2) is 0 Å². The van der Waals surface area contributed by atoms with E-state index in [-0.39, 0.29) is 23.9 Å². The van der Waals surface area contributed by atoms with E-state index in [0.29, 0.717) is 28.7 Å². The van der Waals surface area contributed by atoms with E-state index in [1.807, 2.05) is 48.5 Å². The number of carbonyl (C=O) groups is 1. The minimum atomic E-state index is -0.665. The van der Waals surface area contributed by atoms with Gasteiger partial charge in [0.1, 0.15) is 11.6 Å². The van der Waals surface area contributed by atoms with Gasteiger partial charge in [0, 0.05) is 41.2 Å². The first kappa shape index (κ1) is 26.1. The van der Waals surface area contributed by atoms with Crippen molar-refractivity contribution in [3.63, 3.8) is 0 Å². The van der Waals surface area contributed by atoms with Crippen LogP contribution in [0.25, 0.3) is 0 Å². The zero-order chi connectivity index (χ0) is 25.9. The van der Waals surface area contributed by atoms with E-state index >= 15 is 0 Å². The first-order valence-electron chi connectivity index (χ1n) is 12.9. The zero-order valence-corrected chi connectivity index (χ0v) is 22.0. The Labute approximate surface area is 226 Å². The number of nitrogens with one attached hydrogen (secondary N) is 1. The van der Waals surface area contributed by atoms with Crippen molar-refractivity contribution in [3.8, 4) is 0 Å². The third-order valence-corrected chi connectivity index (χ3v) is 8.13. The van der Waals surface area contributed by atoms with Crippen LogP contribution in [0.15, 0.2) is 66.7 Å². The molecular weight excluding hydrogens is 513 g/mol. The first-order chi connectivity index (χ1) is 17.9. The monoisotopic (exact) mass is 542 g/mol. The van der Waals surface area contributed by atoms with E-state index in [2.05, 4.69) is 10.2 Å². The smallest absolute Gasteiger partial charge is 0.228 e. The van der Waals surface area contributed by atoms with Crippen LogP contribution in [0.5, 0.6) is 0 Å². The summed E-state index contributed by atoms with van der Waals surface area (Å²) in [7, 11) is 0. The van der Waals surface area contributed by atoms with Crippen LogP contribution in [-0.2, 0) is 4.79 Å². The number of rotatable bonds is 7. The normalized spacial score (nSPS) is 18.0. The van der Waals surface area contributed by atoms with Gasteiger partial charge < -0.3 is 5.32 Å². The van der Waals surface area contributed by atoms with E-state index in [9.17, 15) is 13.6 Å². The molecule has 1 N–H and O–H groups in total. The van der Waals surface area contributed by atoms with Crippen LogP contribution >= 0.6 is 23.2 Å². The molecule has 0 aromatic heterocycles. The first-order valence-corrected chi connectivity index (χ1v) is 13.6. The van der Waals surface area contributed by atoms with Gasteiger partial charge in [0.25, 0.3) is 0 Å². The molecule has 2 fully saturated rings. The molecule has 37 heavy (non-hydrogen) atoms. The highest BCUT2D eigenvalue weighted by atomic mass is 35.5. The predicted octanol–water partition coefficient (Wildman–Crippen LogP) is 7.53. The van der Waals surface area contributed by atoms with Gasteiger partial charge in [0.2, 0.25) is 5.91 Å². The summed E-state index contributed by atoms with van der Waals surface area (Å²) in [6, 6.07) is 19.0. The van der Waals surface area contributed by atoms with Gasteiger partial charge in [-0.15, -0.1) is 0 Å². The van der Waals surface area contributed by atoms with Gasteiger partial charge in [0.05, 0.1) is 12.0 Å². The molecule has 1 aliphatic carbocycles. The Bertz CT molecular complexity index is 1160. The Morgan fingerprint density at radius 3 is 1.81 bits per heavy atom. The molecule has 0 spiro atoms. The summed E-state index contributed by atoms with van der Waals surface area (Å²) in [5, 5.41) is 4.51. The molecule has 1 heterocycles. The average Bonchev–Trinajstić information content (AvgIpc) is 2.84. The number of halogens is 4. The fraction of sp³-hybridized carbons (Fsp3) is 0.367. The maximum absolute atomic E-state index is 14.2. The highest BCUT2D eigenvalue weighted by Crippen LogP contribution is 2.41. The van der Waals surface area contributed by atoms with Crippen molar-refractivity contribution in [2.24, 2.45) is 5.92 Å². The summed E-state index contributed by atoms with van der Waals surface area (Å²) in [5.74, 6) is -2.17. The van der Waals surface area contributed by atoms with Crippen LogP contribution in [0.3, 0.4) is 0 Å². The number of benzene rings is 3. The van der Waals surface area contributed by atoms with Crippen LogP contribution in [0.4, 0.5) is 8.78 Å². The van der Waals surface area contributed by atoms with Gasteiger partial charge in [-0.3, -0.25) is 9.69 Å². The number of nitrogens with zero attached hydrogens (tertiary/aromatic N) is 1. The fourth-order valence-corrected chi connectivity index (χ4v) is 6.06. The third-order valence-electron chi connectivity index (χ3n) is 7.62. The second-order valence-electron chi connectivity index (χ2n) is 10.2. The summed E-state index contributed by atoms with van der Waals surface area (Å²) >= 11 is 12.3. The van der Waals surface area contributed by atoms with Crippen LogP contribution < -0.4 is 5.32 Å². The van der Waals surface area contributed by atoms with E-state index in [0.717, 1.165) is 42.9 Å². The Hall–Kier alpha value is -2.47. The second kappa shape index (κ2) is 11.5. The number of carbonyl (C=O) groups excluding carboxylic acids is 1. The number of amides is 1. The Morgan fingerprint density at radius 2 is 1.30 bits per heavy atom. The van der Waals surface area contributed by atoms with Crippen LogP contribution in [0.2, 0.25) is 10.0 Å². The lowest BCUT2D eigenvalue weighted by atomic mass is 9.78. The molecule has 3 nitrogen and oxygen atoms in total. The Morgan fingerprint density at radius 1 is 0.784 bits per heavy atom. The van der Waals surface area contributed by atoms with Crippen molar-refractivity contribution in [2.45, 2.75) is 50.1 Å². The van der Waals surface area contributed by atoms with Crippen molar-refractivity contribution >= 4 is 29.1 Å². The van der Waals surface area contributed by atoms with Gasteiger partial charge in [-0.2, -0.15) is 0 Å². The van der Waals surface area contributed by atoms with Gasteiger partial charge >= 0.3 is 0 Å². The molecular formula is C30H30Cl2F2N2O. The molecule has 7 heteroatoms. The lowest BCUT2D eigenvalue weighted by molar-refractivity contribution is -0.126. The second-order valence-corrected chi connectivity index (χ2v) is 11.1. The highest BCUT2D eigenvalue weighted by molar-refractivity contribution is 6.30. The predicted molar refractivity (Wildman–Crippen MR) is 144 cm³/mol. The van der Waals surface area contributed by atoms with Crippen molar-refractivity contribution in [1.29, 1.82) is 0 Å². The van der Waals surface area contributed by atoms with Crippen molar-refractivity contribution in [2.75, 3.05) is 13.1 Å². The highest BCUT2D eigenvalue weighted by Gasteiger charge is 2.42. The minimum absolute atomic E-state index is 0.0583. The summed E-state index contributed by atoms with van der Waals surface area (Å²) < 4.78 is 28.4. The van der Waals surface area contributed by atoms with Gasteiger partial charge in [-0.1, -0.05) is 66.7 Å². The summed E-state index contributed by atoms with van der Waals surface area (Å²) in [6.07, 6.45) is 5.25. The van der Waals surface area contributed by atoms with Crippen molar-refractivity contribution in [1.82, 2.24) is 10.2 Å². The van der Waals surface area contributed by atoms with Crippen molar-refractivity contribution in [3.05, 3.63) is 105 Å². The van der Waals surface area contributed by atoms with E-state index < -0.39 is 17.6 Å². The SMILES string of the molecule is O=C(NC1CCCCC1)C(c1cc(F)cc(F)c1)C1CN(C(c2ccc(Cl)cc2)c2ccc(Cl)cc2)C1. The lowest BCUT2D eigenvalue weighted by Gasteiger charge is -2.47. The summed E-state index contributed by atoms with van der Waals surface area (Å²) in [5.41, 5.74) is 2.54. The van der Waals surface area contributed by atoms with Crippen LogP contribution in [0.1, 0.15) is 60.8 Å². The average molecular weight is 543 g/mol. The summed E-state index contributed by atoms with van der Waals surface area (Å²) in [4.78, 5) is 15.8. The number of likely N-dealkylation sites (tertiary alicyclic amines) is 1. The molecule has 3 aromatic rings. The van der Waals surface area contributed by atoms with E-state index in [1.165, 1.54) is 18.6 Å². The van der Waals surface area contributed by atoms with Crippen LogP contribution in [-0.4, -0.2) is 29.9 Å². The molecule has 194 valence electrons. The molecule has 1 saturated heterocycles. The standard InChI is InChI=1S/C30H30Cl2F2N2O/c31-23-10-6-19(7-11-23)29(20-8-12-24(32)13-9-20)36-17-22(18-36)28(21-14-25(33)16-26(34)15-21)30(37)35-27-4-2-1-3-5-27/h6-16,22,27-29H,1-5,17-18H2,(H,35,37). The molecule has 3 aromatic carbocycles. The number of hydrogen-bond acceptors (Lipinski definition) is 2. The number of hydrogen-bond donors (Lipinski definition) is 1. The quantitative estimate of drug-likeness (QED) is 0.334. The molecule has 0 bridgehead atoms. The van der Waals surface area contributed by atoms with Crippen LogP contribution in [0, 0.1) is 17.6 Å². The summed E-state index contributed by atoms with van der Waals surface area (Å²) in [6.45, 7) is 1.22. The minimum Gasteiger partial charge on any atom is -0.353 e. The molecule has 1 saturated carbocycles. The van der Waals surface area contributed by atoms with Gasteiger partial charge in [-0.05, 0) is 65.9 Å². The fourth-order valence-electron chi connectivity index (χ4n) is 5.81. The zero-order valence-electron chi connectivity index (χ0n) is 20.5. The van der Waals surface area contributed by atoms with E-state index in [1.54, 1.807) is 0 Å². The molecule has 5 rings (SSSR count). The molecule has 2 aliphatic rings. The third kappa shape index (κ3) is 6.17. The molecule has 0 radical (unpaired) electrons. The Kier molecular flexibility index (Phi) is 8.13. The molecule has 1 amide bonds. The molecule has 1 atom stereocenters. The topological polar surface area (TPSA) is 32.3 Å². The molecule has 1 aliphatic heterocycles. The lowest BCUT2D eigenvalue weighted by Crippen LogP contribution is -2.54.